The summed E-state index contributed by atoms with van der Waals surface area (Å²) in [6.07, 6.45) is 2.38. The lowest BCUT2D eigenvalue weighted by molar-refractivity contribution is 0.617. The Labute approximate surface area is 54.9 Å². The van der Waals surface area contributed by atoms with Gasteiger partial charge in [0.05, 0.1) is 17.9 Å². The van der Waals surface area contributed by atoms with Crippen LogP contribution in [0.4, 0.5) is 0 Å². The summed E-state index contributed by atoms with van der Waals surface area (Å²) in [5.41, 5.74) is 2.37. The predicted molar refractivity (Wildman–Crippen MR) is 33.4 cm³/mol. The number of hydrogen-bond acceptors (Lipinski definition) is 3. The van der Waals surface area contributed by atoms with Crippen molar-refractivity contribution in [1.29, 1.82) is 5.26 Å². The Balaban J connectivity index is 3.77. The molecular formula is C5H5NO2S. The monoisotopic (exact) mass is 143 g/mol. The minimum absolute atomic E-state index is 0.0481. The van der Waals surface area contributed by atoms with Gasteiger partial charge in [0, 0.05) is 0 Å². The van der Waals surface area contributed by atoms with Gasteiger partial charge in [0.15, 0.2) is 0 Å². The first-order valence-corrected chi connectivity index (χ1v) is 3.54. The Morgan fingerprint density at radius 1 is 1.56 bits per heavy atom. The van der Waals surface area contributed by atoms with Gasteiger partial charge in [-0.25, -0.2) is 8.42 Å². The van der Waals surface area contributed by atoms with Gasteiger partial charge in [-0.3, -0.25) is 0 Å². The van der Waals surface area contributed by atoms with Gasteiger partial charge in [-0.05, 0) is 6.08 Å². The van der Waals surface area contributed by atoms with Crippen LogP contribution in [0.25, 0.3) is 0 Å². The number of rotatable bonds is 2. The molecule has 0 aromatic heterocycles. The van der Waals surface area contributed by atoms with Crippen LogP contribution in [0.15, 0.2) is 17.9 Å². The zero-order valence-electron chi connectivity index (χ0n) is 4.57. The number of thiol groups is 1. The minimum Gasteiger partial charge on any atom is -0.232 e. The highest BCUT2D eigenvalue weighted by Crippen LogP contribution is 1.68. The van der Waals surface area contributed by atoms with Crippen molar-refractivity contribution < 1.29 is 8.42 Å². The fourth-order valence-electron chi connectivity index (χ4n) is 0.223. The van der Waals surface area contributed by atoms with Crippen LogP contribution in [-0.2, 0) is 10.7 Å². The third-order valence-electron chi connectivity index (χ3n) is 0.506. The van der Waals surface area contributed by atoms with Crippen molar-refractivity contribution in [3.63, 3.8) is 0 Å². The standard InChI is InChI=1S/C5H5NO2S/c6-4-2-1-3-5-9(7)8/h2-3,9H,5H2. The van der Waals surface area contributed by atoms with Crippen molar-refractivity contribution in [3.8, 4) is 6.07 Å². The average molecular weight is 143 g/mol. The van der Waals surface area contributed by atoms with Crippen molar-refractivity contribution in [2.45, 2.75) is 0 Å². The Kier molecular flexibility index (Phi) is 4.51. The molecule has 0 aliphatic heterocycles. The SMILES string of the molecule is N#CC=C=CC[SH](=O)=O. The van der Waals surface area contributed by atoms with Crippen LogP contribution in [0.2, 0.25) is 0 Å². The number of nitrogens with zero attached hydrogens (tertiary/aromatic N) is 1. The first kappa shape index (κ1) is 7.96. The number of hydrogen-bond donors (Lipinski definition) is 1. The molecule has 0 fully saturated rings. The van der Waals surface area contributed by atoms with Crippen LogP contribution >= 0.6 is 0 Å². The van der Waals surface area contributed by atoms with Crippen LogP contribution in [0.5, 0.6) is 0 Å². The second-order valence-corrected chi connectivity index (χ2v) is 2.19. The molecule has 0 radical (unpaired) electrons. The van der Waals surface area contributed by atoms with E-state index in [1.54, 1.807) is 6.07 Å². The van der Waals surface area contributed by atoms with E-state index in [1.807, 2.05) is 0 Å². The van der Waals surface area contributed by atoms with Crippen molar-refractivity contribution in [2.75, 3.05) is 5.75 Å². The summed E-state index contributed by atoms with van der Waals surface area (Å²) >= 11 is 0. The van der Waals surface area contributed by atoms with Crippen LogP contribution in [-0.4, -0.2) is 14.2 Å². The summed E-state index contributed by atoms with van der Waals surface area (Å²) in [5, 5.41) is 7.89. The normalized spacial score (nSPS) is 7.56. The second-order valence-electron chi connectivity index (χ2n) is 1.16. The lowest BCUT2D eigenvalue weighted by Crippen LogP contribution is -1.77. The molecule has 4 heteroatoms. The minimum atomic E-state index is -2.36. The molecule has 0 amide bonds. The quantitative estimate of drug-likeness (QED) is 0.332. The Bertz CT molecular complexity index is 232. The fourth-order valence-corrected chi connectivity index (χ4v) is 0.478. The Morgan fingerprint density at radius 2 is 2.22 bits per heavy atom. The van der Waals surface area contributed by atoms with Gasteiger partial charge in [0.25, 0.3) is 0 Å². The van der Waals surface area contributed by atoms with E-state index in [2.05, 4.69) is 5.73 Å². The highest BCUT2D eigenvalue weighted by Gasteiger charge is 1.73. The average Bonchev–Trinajstić information content (AvgIpc) is 1.80. The third kappa shape index (κ3) is 6.96. The van der Waals surface area contributed by atoms with Crippen molar-refractivity contribution in [3.05, 3.63) is 17.9 Å². The molecule has 48 valence electrons. The molecular weight excluding hydrogens is 138 g/mol. The van der Waals surface area contributed by atoms with Crippen LogP contribution in [0, 0.1) is 11.3 Å². The van der Waals surface area contributed by atoms with E-state index in [0.717, 1.165) is 6.08 Å². The highest BCUT2D eigenvalue weighted by molar-refractivity contribution is 7.72. The van der Waals surface area contributed by atoms with Gasteiger partial charge in [0.1, 0.15) is 10.7 Å². The second kappa shape index (κ2) is 5.10. The van der Waals surface area contributed by atoms with E-state index >= 15 is 0 Å². The van der Waals surface area contributed by atoms with Gasteiger partial charge in [-0.2, -0.15) is 5.26 Å². The van der Waals surface area contributed by atoms with E-state index in [0.29, 0.717) is 0 Å². The molecule has 0 aliphatic carbocycles. The van der Waals surface area contributed by atoms with Gasteiger partial charge in [0.2, 0.25) is 0 Å². The molecule has 0 atom stereocenters. The first-order valence-electron chi connectivity index (χ1n) is 2.18. The molecule has 0 aromatic rings. The maximum atomic E-state index is 9.83. The van der Waals surface area contributed by atoms with Crippen molar-refractivity contribution in [1.82, 2.24) is 0 Å². The summed E-state index contributed by atoms with van der Waals surface area (Å²) in [6.45, 7) is 0. The molecule has 0 spiro atoms. The summed E-state index contributed by atoms with van der Waals surface area (Å²) < 4.78 is 19.7. The lowest BCUT2D eigenvalue weighted by Gasteiger charge is -1.67. The topological polar surface area (TPSA) is 57.9 Å². The largest absolute Gasteiger partial charge is 0.232 e. The summed E-state index contributed by atoms with van der Waals surface area (Å²) in [7, 11) is -2.36. The molecule has 0 saturated heterocycles. The molecule has 0 aromatic carbocycles. The molecule has 3 nitrogen and oxygen atoms in total. The smallest absolute Gasteiger partial charge is 0.144 e. The van der Waals surface area contributed by atoms with E-state index in [9.17, 15) is 8.42 Å². The number of nitriles is 1. The summed E-state index contributed by atoms with van der Waals surface area (Å²) in [4.78, 5) is 0. The van der Waals surface area contributed by atoms with Gasteiger partial charge in [-0.1, -0.05) is 0 Å². The maximum absolute atomic E-state index is 9.83. The van der Waals surface area contributed by atoms with Crippen molar-refractivity contribution in [2.24, 2.45) is 0 Å². The fraction of sp³-hybridized carbons (Fsp3) is 0.200. The molecule has 0 saturated carbocycles. The lowest BCUT2D eigenvalue weighted by atomic mass is 10.6. The van der Waals surface area contributed by atoms with E-state index in [4.69, 9.17) is 5.26 Å². The van der Waals surface area contributed by atoms with Crippen LogP contribution < -0.4 is 0 Å². The third-order valence-corrected chi connectivity index (χ3v) is 0.987. The summed E-state index contributed by atoms with van der Waals surface area (Å²) in [6, 6.07) is 1.68. The van der Waals surface area contributed by atoms with Gasteiger partial charge in [-0.15, -0.1) is 5.73 Å². The summed E-state index contributed by atoms with van der Waals surface area (Å²) in [5.74, 6) is -0.0481. The molecule has 0 unspecified atom stereocenters. The molecule has 0 rings (SSSR count). The van der Waals surface area contributed by atoms with Crippen LogP contribution in [0.3, 0.4) is 0 Å². The van der Waals surface area contributed by atoms with E-state index < -0.39 is 10.7 Å². The van der Waals surface area contributed by atoms with Gasteiger partial charge < -0.3 is 0 Å². The maximum Gasteiger partial charge on any atom is 0.144 e. The van der Waals surface area contributed by atoms with E-state index in [1.165, 1.54) is 6.08 Å². The molecule has 9 heavy (non-hydrogen) atoms. The van der Waals surface area contributed by atoms with Crippen LogP contribution in [0.1, 0.15) is 0 Å². The van der Waals surface area contributed by atoms with E-state index in [-0.39, 0.29) is 5.75 Å². The molecule has 0 bridgehead atoms. The zero-order chi connectivity index (χ0) is 7.11. The predicted octanol–water partition coefficient (Wildman–Crippen LogP) is -0.167. The molecule has 0 N–H and O–H groups in total. The highest BCUT2D eigenvalue weighted by atomic mass is 32.2. The Morgan fingerprint density at radius 3 is 2.67 bits per heavy atom. The molecule has 0 heterocycles. The Hall–Kier alpha value is -1.04. The van der Waals surface area contributed by atoms with Gasteiger partial charge >= 0.3 is 0 Å². The van der Waals surface area contributed by atoms with Crippen molar-refractivity contribution >= 4 is 10.7 Å². The zero-order valence-corrected chi connectivity index (χ0v) is 5.47. The molecule has 0 aliphatic rings. The first-order chi connectivity index (χ1) is 4.27.